The third kappa shape index (κ3) is 2.81. The molecule has 1 fully saturated rings. The van der Waals surface area contributed by atoms with E-state index >= 15 is 0 Å². The predicted octanol–water partition coefficient (Wildman–Crippen LogP) is 2.82. The van der Waals surface area contributed by atoms with E-state index in [1.807, 2.05) is 31.2 Å². The molecule has 1 aromatic heterocycles. The number of aryl methyl sites for hydroxylation is 1. The summed E-state index contributed by atoms with van der Waals surface area (Å²) in [6, 6.07) is 12.0. The van der Waals surface area contributed by atoms with Crippen LogP contribution in [-0.2, 0) is 6.54 Å². The van der Waals surface area contributed by atoms with Gasteiger partial charge in [-0.25, -0.2) is 0 Å². The molecule has 0 amide bonds. The van der Waals surface area contributed by atoms with Crippen molar-refractivity contribution in [3.05, 3.63) is 57.5 Å². The van der Waals surface area contributed by atoms with E-state index in [0.717, 1.165) is 36.5 Å². The van der Waals surface area contributed by atoms with Crippen molar-refractivity contribution in [3.8, 4) is 17.2 Å². The Morgan fingerprint density at radius 1 is 1.23 bits per heavy atom. The lowest BCUT2D eigenvalue weighted by Gasteiger charge is -2.18. The molecule has 1 aromatic carbocycles. The van der Waals surface area contributed by atoms with Crippen LogP contribution in [0.1, 0.15) is 29.7 Å². The van der Waals surface area contributed by atoms with Gasteiger partial charge in [-0.1, -0.05) is 24.3 Å². The van der Waals surface area contributed by atoms with E-state index in [4.69, 9.17) is 0 Å². The van der Waals surface area contributed by atoms with Crippen molar-refractivity contribution in [1.82, 2.24) is 9.88 Å². The van der Waals surface area contributed by atoms with E-state index in [2.05, 4.69) is 22.0 Å². The topological polar surface area (TPSA) is 59.9 Å². The molecule has 2 aromatic rings. The molecule has 4 nitrogen and oxygen atoms in total. The minimum Gasteiger partial charge on any atom is -0.325 e. The summed E-state index contributed by atoms with van der Waals surface area (Å²) in [6.07, 6.45) is 2.49. The first-order valence-electron chi connectivity index (χ1n) is 7.63. The number of aromatic amines is 1. The zero-order valence-corrected chi connectivity index (χ0v) is 12.7. The fraction of sp³-hybridized carbons (Fsp3) is 0.333. The maximum Gasteiger partial charge on any atom is 0.266 e. The van der Waals surface area contributed by atoms with Gasteiger partial charge in [0.2, 0.25) is 0 Å². The molecule has 0 aliphatic carbocycles. The van der Waals surface area contributed by atoms with E-state index in [0.29, 0.717) is 0 Å². The number of aromatic nitrogens is 1. The maximum atomic E-state index is 12.0. The van der Waals surface area contributed by atoms with Crippen molar-refractivity contribution < 1.29 is 0 Å². The Kier molecular flexibility index (Phi) is 4.08. The Bertz CT molecular complexity index is 780. The highest BCUT2D eigenvalue weighted by molar-refractivity contribution is 5.73. The molecule has 4 heteroatoms. The molecule has 0 bridgehead atoms. The minimum atomic E-state index is -0.312. The molecule has 0 unspecified atom stereocenters. The minimum absolute atomic E-state index is 0.194. The summed E-state index contributed by atoms with van der Waals surface area (Å²) < 4.78 is 0. The molecule has 1 aliphatic heterocycles. The summed E-state index contributed by atoms with van der Waals surface area (Å²) in [4.78, 5) is 17.2. The first kappa shape index (κ1) is 14.6. The van der Waals surface area contributed by atoms with Gasteiger partial charge in [-0.15, -0.1) is 0 Å². The van der Waals surface area contributed by atoms with Gasteiger partial charge in [0.25, 0.3) is 5.56 Å². The molecule has 1 N–H and O–H groups in total. The quantitative estimate of drug-likeness (QED) is 0.946. The van der Waals surface area contributed by atoms with Gasteiger partial charge in [0.15, 0.2) is 0 Å². The lowest BCUT2D eigenvalue weighted by atomic mass is 9.96. The summed E-state index contributed by atoms with van der Waals surface area (Å²) in [5, 5.41) is 9.35. The van der Waals surface area contributed by atoms with Gasteiger partial charge >= 0.3 is 0 Å². The summed E-state index contributed by atoms with van der Waals surface area (Å²) in [5.41, 5.74) is 3.55. The average Bonchev–Trinajstić information content (AvgIpc) is 3.00. The number of nitrogens with one attached hydrogen (secondary N) is 1. The van der Waals surface area contributed by atoms with Crippen LogP contribution in [0, 0.1) is 18.3 Å². The Morgan fingerprint density at radius 3 is 2.68 bits per heavy atom. The van der Waals surface area contributed by atoms with Gasteiger partial charge < -0.3 is 4.98 Å². The number of likely N-dealkylation sites (tertiary alicyclic amines) is 1. The lowest BCUT2D eigenvalue weighted by molar-refractivity contribution is 0.332. The van der Waals surface area contributed by atoms with Crippen LogP contribution in [0.2, 0.25) is 0 Å². The molecule has 0 radical (unpaired) electrons. The molecular weight excluding hydrogens is 274 g/mol. The Morgan fingerprint density at radius 2 is 1.95 bits per heavy atom. The lowest BCUT2D eigenvalue weighted by Crippen LogP contribution is -2.19. The van der Waals surface area contributed by atoms with Gasteiger partial charge in [-0.05, 0) is 50.0 Å². The smallest absolute Gasteiger partial charge is 0.266 e. The highest BCUT2D eigenvalue weighted by atomic mass is 16.1. The normalized spacial score (nSPS) is 14.9. The van der Waals surface area contributed by atoms with E-state index in [1.54, 1.807) is 0 Å². The zero-order valence-electron chi connectivity index (χ0n) is 12.7. The molecule has 3 rings (SSSR count). The second kappa shape index (κ2) is 6.17. The van der Waals surface area contributed by atoms with Gasteiger partial charge in [0.05, 0.1) is 0 Å². The third-order valence-corrected chi connectivity index (χ3v) is 4.18. The number of benzene rings is 1. The van der Waals surface area contributed by atoms with Crippen LogP contribution in [0.4, 0.5) is 0 Å². The fourth-order valence-electron chi connectivity index (χ4n) is 3.11. The number of hydrogen-bond acceptors (Lipinski definition) is 3. The molecule has 2 heterocycles. The van der Waals surface area contributed by atoms with Crippen molar-refractivity contribution in [2.24, 2.45) is 0 Å². The molecule has 1 aliphatic rings. The monoisotopic (exact) mass is 293 g/mol. The van der Waals surface area contributed by atoms with E-state index in [9.17, 15) is 10.1 Å². The van der Waals surface area contributed by atoms with Crippen LogP contribution in [0.3, 0.4) is 0 Å². The molecule has 0 spiro atoms. The second-order valence-electron chi connectivity index (χ2n) is 5.82. The first-order chi connectivity index (χ1) is 10.7. The largest absolute Gasteiger partial charge is 0.325 e. The fourth-order valence-corrected chi connectivity index (χ4v) is 3.11. The van der Waals surface area contributed by atoms with Crippen molar-refractivity contribution in [2.75, 3.05) is 13.1 Å². The van der Waals surface area contributed by atoms with Gasteiger partial charge in [0, 0.05) is 17.8 Å². The number of H-pyrrole nitrogens is 1. The highest BCUT2D eigenvalue weighted by Gasteiger charge is 2.17. The summed E-state index contributed by atoms with van der Waals surface area (Å²) in [5.74, 6) is 0. The van der Waals surface area contributed by atoms with Crippen LogP contribution in [0.15, 0.2) is 35.1 Å². The van der Waals surface area contributed by atoms with Crippen LogP contribution >= 0.6 is 0 Å². The highest BCUT2D eigenvalue weighted by Crippen LogP contribution is 2.27. The average molecular weight is 293 g/mol. The van der Waals surface area contributed by atoms with Crippen molar-refractivity contribution in [1.29, 1.82) is 5.26 Å². The van der Waals surface area contributed by atoms with Crippen LogP contribution in [-0.4, -0.2) is 23.0 Å². The van der Waals surface area contributed by atoms with Crippen LogP contribution in [0.5, 0.6) is 0 Å². The van der Waals surface area contributed by atoms with Crippen molar-refractivity contribution in [3.63, 3.8) is 0 Å². The molecule has 1 saturated heterocycles. The Balaban J connectivity index is 2.09. The maximum absolute atomic E-state index is 12.0. The number of hydrogen-bond donors (Lipinski definition) is 1. The summed E-state index contributed by atoms with van der Waals surface area (Å²) >= 11 is 0. The molecule has 22 heavy (non-hydrogen) atoms. The summed E-state index contributed by atoms with van der Waals surface area (Å²) in [6.45, 7) is 4.95. The second-order valence-corrected chi connectivity index (χ2v) is 5.82. The Hall–Kier alpha value is -2.38. The summed E-state index contributed by atoms with van der Waals surface area (Å²) in [7, 11) is 0. The molecule has 0 saturated carbocycles. The number of nitrogens with zero attached hydrogens (tertiary/aromatic N) is 2. The first-order valence-corrected chi connectivity index (χ1v) is 7.63. The van der Waals surface area contributed by atoms with Crippen LogP contribution in [0.25, 0.3) is 11.1 Å². The Labute approximate surface area is 130 Å². The predicted molar refractivity (Wildman–Crippen MR) is 86.5 cm³/mol. The van der Waals surface area contributed by atoms with E-state index < -0.39 is 0 Å². The molecular formula is C18H19N3O. The standard InChI is InChI=1S/C18H19N3O/c1-13-10-16(17(11-19)18(22)20-13)15-7-3-2-6-14(15)12-21-8-4-5-9-21/h2-3,6-7,10H,4-5,8-9,12H2,1H3,(H,20,22). The van der Waals surface area contributed by atoms with Gasteiger partial charge in [0.1, 0.15) is 11.6 Å². The zero-order chi connectivity index (χ0) is 15.5. The number of pyridine rings is 1. The van der Waals surface area contributed by atoms with Crippen molar-refractivity contribution in [2.45, 2.75) is 26.3 Å². The SMILES string of the molecule is Cc1cc(-c2ccccc2CN2CCCC2)c(C#N)c(=O)[nH]1. The molecule has 112 valence electrons. The third-order valence-electron chi connectivity index (χ3n) is 4.18. The van der Waals surface area contributed by atoms with E-state index in [-0.39, 0.29) is 11.1 Å². The molecule has 0 atom stereocenters. The van der Waals surface area contributed by atoms with E-state index in [1.165, 1.54) is 18.4 Å². The number of rotatable bonds is 3. The van der Waals surface area contributed by atoms with Gasteiger partial charge in [-0.3, -0.25) is 9.69 Å². The van der Waals surface area contributed by atoms with Gasteiger partial charge in [-0.2, -0.15) is 5.26 Å². The van der Waals surface area contributed by atoms with Crippen molar-refractivity contribution >= 4 is 0 Å². The van der Waals surface area contributed by atoms with Crippen LogP contribution < -0.4 is 5.56 Å². The number of nitriles is 1.